The molecular formula is C19H28N6O. The van der Waals surface area contributed by atoms with Gasteiger partial charge in [0, 0.05) is 76.9 Å². The molecule has 0 aromatic heterocycles. The molecule has 0 saturated carbocycles. The highest BCUT2D eigenvalue weighted by molar-refractivity contribution is 5.94. The number of para-hydroxylation sites is 1. The summed E-state index contributed by atoms with van der Waals surface area (Å²) in [6.45, 7) is 7.49. The lowest BCUT2D eigenvalue weighted by atomic mass is 9.90. The van der Waals surface area contributed by atoms with Gasteiger partial charge in [0.05, 0.1) is 0 Å². The zero-order chi connectivity index (χ0) is 17.9. The van der Waals surface area contributed by atoms with E-state index in [1.807, 2.05) is 18.2 Å². The topological polar surface area (TPSA) is 72.0 Å². The van der Waals surface area contributed by atoms with E-state index >= 15 is 0 Å². The third kappa shape index (κ3) is 3.68. The number of rotatable bonds is 4. The van der Waals surface area contributed by atoms with Gasteiger partial charge in [-0.1, -0.05) is 18.2 Å². The maximum Gasteiger partial charge on any atom is 0.225 e. The number of carbonyl (C=O) groups is 1. The van der Waals surface area contributed by atoms with Crippen LogP contribution in [0.3, 0.4) is 0 Å². The Hall–Kier alpha value is -2.12. The van der Waals surface area contributed by atoms with Gasteiger partial charge in [-0.05, 0) is 11.6 Å². The van der Waals surface area contributed by atoms with Gasteiger partial charge < -0.3 is 16.0 Å². The third-order valence-corrected chi connectivity index (χ3v) is 5.74. The van der Waals surface area contributed by atoms with Crippen LogP contribution in [0.4, 0.5) is 5.69 Å². The number of hydrogen-bond acceptors (Lipinski definition) is 4. The fourth-order valence-corrected chi connectivity index (χ4v) is 4.26. The minimum absolute atomic E-state index is 0.0820. The van der Waals surface area contributed by atoms with Crippen LogP contribution in [0.25, 0.3) is 0 Å². The van der Waals surface area contributed by atoms with Gasteiger partial charge in [-0.3, -0.25) is 19.6 Å². The lowest BCUT2D eigenvalue weighted by molar-refractivity contribution is -0.116. The molecule has 3 fully saturated rings. The summed E-state index contributed by atoms with van der Waals surface area (Å²) < 4.78 is 0. The zero-order valence-electron chi connectivity index (χ0n) is 15.4. The van der Waals surface area contributed by atoms with Crippen LogP contribution in [0, 0.1) is 0 Å². The zero-order valence-corrected chi connectivity index (χ0v) is 15.4. The average Bonchev–Trinajstić information content (AvgIpc) is 2.68. The van der Waals surface area contributed by atoms with E-state index in [1.54, 1.807) is 7.05 Å². The first-order chi connectivity index (χ1) is 12.7. The van der Waals surface area contributed by atoms with E-state index in [0.717, 1.165) is 24.7 Å². The molecule has 3 saturated heterocycles. The lowest BCUT2D eigenvalue weighted by Crippen LogP contribution is -2.63. The van der Waals surface area contributed by atoms with Gasteiger partial charge in [-0.25, -0.2) is 0 Å². The standard InChI is InChI=1S/C19H28N6O/c1-20-19(22-12-15-13-24-6-8-25(15)9-7-24)21-11-14-10-18(26)23-17-5-3-2-4-16(14)17/h2-5,14-15H,6-13H2,1H3,(H,23,26)(H2,20,21,22). The second-order valence-corrected chi connectivity index (χ2v) is 7.36. The van der Waals surface area contributed by atoms with Gasteiger partial charge in [0.25, 0.3) is 0 Å². The third-order valence-electron chi connectivity index (χ3n) is 5.74. The SMILES string of the molecule is CN=C(NCC1CC(=O)Nc2ccccc21)NCC1CN2CCN1CC2. The smallest absolute Gasteiger partial charge is 0.225 e. The molecule has 140 valence electrons. The Labute approximate surface area is 154 Å². The highest BCUT2D eigenvalue weighted by Gasteiger charge is 2.31. The minimum Gasteiger partial charge on any atom is -0.356 e. The number of nitrogens with zero attached hydrogens (tertiary/aromatic N) is 3. The van der Waals surface area contributed by atoms with Crippen LogP contribution in [-0.2, 0) is 4.79 Å². The Morgan fingerprint density at radius 2 is 1.96 bits per heavy atom. The molecule has 0 spiro atoms. The molecule has 7 heteroatoms. The quantitative estimate of drug-likeness (QED) is 0.534. The molecular weight excluding hydrogens is 328 g/mol. The molecule has 0 aliphatic carbocycles. The summed E-state index contributed by atoms with van der Waals surface area (Å²) in [6, 6.07) is 8.60. The number of hydrogen-bond donors (Lipinski definition) is 3. The number of benzene rings is 1. The van der Waals surface area contributed by atoms with E-state index < -0.39 is 0 Å². The van der Waals surface area contributed by atoms with Crippen molar-refractivity contribution in [3.63, 3.8) is 0 Å². The van der Waals surface area contributed by atoms with E-state index in [1.165, 1.54) is 31.7 Å². The normalized spacial score (nSPS) is 30.5. The molecule has 0 radical (unpaired) electrons. The van der Waals surface area contributed by atoms with Crippen molar-refractivity contribution in [1.29, 1.82) is 0 Å². The second kappa shape index (κ2) is 7.63. The van der Waals surface area contributed by atoms with Gasteiger partial charge in [0.1, 0.15) is 0 Å². The van der Waals surface area contributed by atoms with Crippen molar-refractivity contribution in [3.8, 4) is 0 Å². The lowest BCUT2D eigenvalue weighted by Gasteiger charge is -2.47. The Morgan fingerprint density at radius 3 is 2.69 bits per heavy atom. The second-order valence-electron chi connectivity index (χ2n) is 7.36. The number of anilines is 1. The minimum atomic E-state index is 0.0820. The number of guanidine groups is 1. The van der Waals surface area contributed by atoms with Gasteiger partial charge in [0.15, 0.2) is 5.96 Å². The fourth-order valence-electron chi connectivity index (χ4n) is 4.26. The molecule has 5 rings (SSSR count). The summed E-state index contributed by atoms with van der Waals surface area (Å²) in [6.07, 6.45) is 0.506. The van der Waals surface area contributed by atoms with Crippen molar-refractivity contribution in [3.05, 3.63) is 29.8 Å². The first-order valence-electron chi connectivity index (χ1n) is 9.52. The van der Waals surface area contributed by atoms with Crippen LogP contribution in [0.5, 0.6) is 0 Å². The number of carbonyl (C=O) groups excluding carboxylic acids is 1. The number of fused-ring (bicyclic) bond motifs is 4. The average molecular weight is 356 g/mol. The van der Waals surface area contributed by atoms with Gasteiger partial charge in [-0.2, -0.15) is 0 Å². The molecule has 3 N–H and O–H groups in total. The van der Waals surface area contributed by atoms with Crippen molar-refractivity contribution in [1.82, 2.24) is 20.4 Å². The number of piperazine rings is 3. The van der Waals surface area contributed by atoms with Crippen LogP contribution in [0.2, 0.25) is 0 Å². The van der Waals surface area contributed by atoms with Gasteiger partial charge >= 0.3 is 0 Å². The molecule has 2 atom stereocenters. The van der Waals surface area contributed by atoms with Crippen LogP contribution < -0.4 is 16.0 Å². The number of amides is 1. The molecule has 7 nitrogen and oxygen atoms in total. The van der Waals surface area contributed by atoms with Crippen molar-refractivity contribution in [2.75, 3.05) is 58.2 Å². The maximum absolute atomic E-state index is 12.0. The number of aliphatic imine (C=N–C) groups is 1. The Morgan fingerprint density at radius 1 is 1.19 bits per heavy atom. The molecule has 4 aliphatic heterocycles. The van der Waals surface area contributed by atoms with E-state index in [2.05, 4.69) is 36.8 Å². The summed E-state index contributed by atoms with van der Waals surface area (Å²) in [4.78, 5) is 21.4. The van der Waals surface area contributed by atoms with E-state index in [4.69, 9.17) is 0 Å². The Kier molecular flexibility index (Phi) is 5.08. The summed E-state index contributed by atoms with van der Waals surface area (Å²) in [7, 11) is 1.80. The van der Waals surface area contributed by atoms with Crippen molar-refractivity contribution in [2.45, 2.75) is 18.4 Å². The summed E-state index contributed by atoms with van der Waals surface area (Å²) >= 11 is 0. The molecule has 2 bridgehead atoms. The summed E-state index contributed by atoms with van der Waals surface area (Å²) in [5.74, 6) is 1.06. The molecule has 2 unspecified atom stereocenters. The van der Waals surface area contributed by atoms with Crippen molar-refractivity contribution >= 4 is 17.6 Å². The highest BCUT2D eigenvalue weighted by Crippen LogP contribution is 2.31. The largest absolute Gasteiger partial charge is 0.356 e. The maximum atomic E-state index is 12.0. The highest BCUT2D eigenvalue weighted by atomic mass is 16.1. The Bertz CT molecular complexity index is 682. The monoisotopic (exact) mass is 356 g/mol. The van der Waals surface area contributed by atoms with Crippen LogP contribution in [-0.4, -0.2) is 80.6 Å². The molecule has 4 aliphatic rings. The van der Waals surface area contributed by atoms with Crippen LogP contribution in [0.15, 0.2) is 29.3 Å². The van der Waals surface area contributed by atoms with E-state index in [9.17, 15) is 4.79 Å². The molecule has 26 heavy (non-hydrogen) atoms. The van der Waals surface area contributed by atoms with Crippen LogP contribution >= 0.6 is 0 Å². The predicted molar refractivity (Wildman–Crippen MR) is 104 cm³/mol. The first-order valence-corrected chi connectivity index (χ1v) is 9.52. The fraction of sp³-hybridized carbons (Fsp3) is 0.579. The van der Waals surface area contributed by atoms with E-state index in [-0.39, 0.29) is 11.8 Å². The Balaban J connectivity index is 1.31. The number of nitrogens with one attached hydrogen (secondary N) is 3. The van der Waals surface area contributed by atoms with Crippen molar-refractivity contribution < 1.29 is 4.79 Å². The van der Waals surface area contributed by atoms with Crippen molar-refractivity contribution in [2.24, 2.45) is 4.99 Å². The van der Waals surface area contributed by atoms with E-state index in [0.29, 0.717) is 19.0 Å². The summed E-state index contributed by atoms with van der Waals surface area (Å²) in [5, 5.41) is 9.83. The molecule has 4 heterocycles. The first kappa shape index (κ1) is 17.3. The van der Waals surface area contributed by atoms with Crippen LogP contribution in [0.1, 0.15) is 17.9 Å². The summed E-state index contributed by atoms with van der Waals surface area (Å²) in [5.41, 5.74) is 2.12. The van der Waals surface area contributed by atoms with Gasteiger partial charge in [-0.15, -0.1) is 0 Å². The predicted octanol–water partition coefficient (Wildman–Crippen LogP) is 0.277. The van der Waals surface area contributed by atoms with Gasteiger partial charge in [0.2, 0.25) is 5.91 Å². The molecule has 1 amide bonds. The molecule has 1 aromatic carbocycles. The molecule has 1 aromatic rings.